The molecule has 0 saturated heterocycles. The van der Waals surface area contributed by atoms with Crippen molar-refractivity contribution < 1.29 is 9.53 Å². The average Bonchev–Trinajstić information content (AvgIpc) is 2.77. The van der Waals surface area contributed by atoms with Crippen LogP contribution in [0.4, 0.5) is 5.69 Å². The second kappa shape index (κ2) is 5.05. The smallest absolute Gasteiger partial charge is 0.356 e. The van der Waals surface area contributed by atoms with Crippen LogP contribution in [0.2, 0.25) is 0 Å². The number of nitrogen functional groups attached to an aromatic ring is 1. The Morgan fingerprint density at radius 2 is 2.28 bits per heavy atom. The van der Waals surface area contributed by atoms with Crippen molar-refractivity contribution in [2.45, 2.75) is 10.2 Å². The molecule has 2 N–H and O–H groups in total. The van der Waals surface area contributed by atoms with E-state index in [0.717, 1.165) is 0 Å². The number of carbonyl (C=O) groups excluding carboxylic acids is 1. The zero-order chi connectivity index (χ0) is 13.1. The predicted octanol–water partition coefficient (Wildman–Crippen LogP) is 0.730. The Bertz CT molecular complexity index is 583. The van der Waals surface area contributed by atoms with Crippen molar-refractivity contribution in [3.63, 3.8) is 0 Å². The van der Waals surface area contributed by atoms with Crippen molar-refractivity contribution in [2.75, 3.05) is 12.8 Å². The van der Waals surface area contributed by atoms with Gasteiger partial charge in [0.25, 0.3) is 0 Å². The second-order valence-electron chi connectivity index (χ2n) is 3.41. The van der Waals surface area contributed by atoms with Crippen molar-refractivity contribution in [1.29, 1.82) is 0 Å². The Balaban J connectivity index is 2.32. The molecule has 0 saturated carbocycles. The summed E-state index contributed by atoms with van der Waals surface area (Å²) in [5, 5.41) is 8.79. The van der Waals surface area contributed by atoms with Gasteiger partial charge < -0.3 is 15.0 Å². The quantitative estimate of drug-likeness (QED) is 0.817. The predicted molar refractivity (Wildman–Crippen MR) is 65.1 cm³/mol. The fraction of sp³-hybridized carbons (Fsp3) is 0.200. The number of aryl methyl sites for hydroxylation is 1. The minimum Gasteiger partial charge on any atom is -0.464 e. The van der Waals surface area contributed by atoms with Gasteiger partial charge in [0.2, 0.25) is 0 Å². The summed E-state index contributed by atoms with van der Waals surface area (Å²) in [7, 11) is 3.11. The molecule has 18 heavy (non-hydrogen) atoms. The summed E-state index contributed by atoms with van der Waals surface area (Å²) in [5.41, 5.74) is 6.48. The van der Waals surface area contributed by atoms with Crippen LogP contribution in [0.25, 0.3) is 0 Å². The summed E-state index contributed by atoms with van der Waals surface area (Å²) in [6.45, 7) is 0. The number of rotatable bonds is 3. The maximum Gasteiger partial charge on any atom is 0.356 e. The van der Waals surface area contributed by atoms with Crippen LogP contribution in [0, 0.1) is 0 Å². The molecular weight excluding hydrogens is 254 g/mol. The number of hydrogen-bond acceptors (Lipinski definition) is 7. The summed E-state index contributed by atoms with van der Waals surface area (Å²) < 4.78 is 6.34. The highest BCUT2D eigenvalue weighted by Gasteiger charge is 2.13. The highest BCUT2D eigenvalue weighted by atomic mass is 32.2. The minimum absolute atomic E-state index is 0.205. The van der Waals surface area contributed by atoms with E-state index in [1.54, 1.807) is 17.0 Å². The third kappa shape index (κ3) is 2.43. The van der Waals surface area contributed by atoms with Gasteiger partial charge in [-0.05, 0) is 23.9 Å². The Hall–Kier alpha value is -2.09. The van der Waals surface area contributed by atoms with Crippen LogP contribution in [0.1, 0.15) is 10.5 Å². The molecule has 2 aromatic rings. The molecule has 0 atom stereocenters. The standard InChI is InChI=1S/C10H11N5O2S/c1-15-5-12-14-10(15)18-8-6(11)3-4-7(13-8)9(16)17-2/h3-5H,11H2,1-2H3. The molecule has 0 aliphatic carbocycles. The Morgan fingerprint density at radius 1 is 1.50 bits per heavy atom. The number of nitrogens with two attached hydrogens (primary N) is 1. The lowest BCUT2D eigenvalue weighted by molar-refractivity contribution is 0.0593. The first kappa shape index (κ1) is 12.4. The molecule has 2 rings (SSSR count). The molecule has 0 unspecified atom stereocenters. The van der Waals surface area contributed by atoms with Gasteiger partial charge in [0.1, 0.15) is 17.0 Å². The number of ether oxygens (including phenoxy) is 1. The molecule has 94 valence electrons. The zero-order valence-electron chi connectivity index (χ0n) is 9.82. The van der Waals surface area contributed by atoms with E-state index in [0.29, 0.717) is 15.9 Å². The average molecular weight is 265 g/mol. The van der Waals surface area contributed by atoms with Gasteiger partial charge in [-0.3, -0.25) is 0 Å². The number of pyridine rings is 1. The Labute approximate surface area is 107 Å². The van der Waals surface area contributed by atoms with Crippen molar-refractivity contribution in [3.05, 3.63) is 24.2 Å². The molecule has 0 bridgehead atoms. The summed E-state index contributed by atoms with van der Waals surface area (Å²) in [6.07, 6.45) is 1.57. The third-order valence-electron chi connectivity index (χ3n) is 2.14. The fourth-order valence-corrected chi connectivity index (χ4v) is 1.98. The van der Waals surface area contributed by atoms with E-state index >= 15 is 0 Å². The van der Waals surface area contributed by atoms with Crippen LogP contribution in [0.5, 0.6) is 0 Å². The van der Waals surface area contributed by atoms with E-state index in [1.165, 1.54) is 24.9 Å². The van der Waals surface area contributed by atoms with Gasteiger partial charge in [-0.15, -0.1) is 10.2 Å². The van der Waals surface area contributed by atoms with Crippen molar-refractivity contribution >= 4 is 23.4 Å². The fourth-order valence-electron chi connectivity index (χ4n) is 1.20. The molecule has 0 radical (unpaired) electrons. The van der Waals surface area contributed by atoms with Crippen molar-refractivity contribution in [3.8, 4) is 0 Å². The second-order valence-corrected chi connectivity index (χ2v) is 4.36. The molecule has 2 aromatic heterocycles. The van der Waals surface area contributed by atoms with Gasteiger partial charge in [0.15, 0.2) is 5.16 Å². The number of nitrogens with zero attached hydrogens (tertiary/aromatic N) is 4. The monoisotopic (exact) mass is 265 g/mol. The van der Waals surface area contributed by atoms with Gasteiger partial charge in [0, 0.05) is 7.05 Å². The topological polar surface area (TPSA) is 95.9 Å². The lowest BCUT2D eigenvalue weighted by Gasteiger charge is -2.05. The first-order chi connectivity index (χ1) is 8.61. The number of hydrogen-bond donors (Lipinski definition) is 1. The van der Waals surface area contributed by atoms with Crippen molar-refractivity contribution in [1.82, 2.24) is 19.7 Å². The van der Waals surface area contributed by atoms with E-state index in [9.17, 15) is 4.79 Å². The van der Waals surface area contributed by atoms with Crippen LogP contribution >= 0.6 is 11.8 Å². The van der Waals surface area contributed by atoms with Crippen LogP contribution < -0.4 is 5.73 Å². The number of esters is 1. The van der Waals surface area contributed by atoms with Gasteiger partial charge in [-0.25, -0.2) is 9.78 Å². The molecule has 0 aromatic carbocycles. The Kier molecular flexibility index (Phi) is 3.47. The normalized spacial score (nSPS) is 10.3. The first-order valence-corrected chi connectivity index (χ1v) is 5.80. The molecule has 0 aliphatic rings. The maximum absolute atomic E-state index is 11.4. The number of carbonyl (C=O) groups is 1. The van der Waals surface area contributed by atoms with Gasteiger partial charge in [0.05, 0.1) is 12.8 Å². The third-order valence-corrected chi connectivity index (χ3v) is 3.21. The highest BCUT2D eigenvalue weighted by Crippen LogP contribution is 2.28. The largest absolute Gasteiger partial charge is 0.464 e. The number of anilines is 1. The van der Waals surface area contributed by atoms with E-state index in [4.69, 9.17) is 5.73 Å². The summed E-state index contributed by atoms with van der Waals surface area (Å²) in [6, 6.07) is 3.12. The first-order valence-electron chi connectivity index (χ1n) is 4.98. The van der Waals surface area contributed by atoms with Gasteiger partial charge in [-0.2, -0.15) is 0 Å². The molecule has 7 nitrogen and oxygen atoms in total. The zero-order valence-corrected chi connectivity index (χ0v) is 10.6. The molecule has 8 heteroatoms. The van der Waals surface area contributed by atoms with Crippen LogP contribution in [0.3, 0.4) is 0 Å². The molecule has 0 amide bonds. The summed E-state index contributed by atoms with van der Waals surface area (Å²) in [4.78, 5) is 15.5. The van der Waals surface area contributed by atoms with E-state index < -0.39 is 5.97 Å². The van der Waals surface area contributed by atoms with Gasteiger partial charge in [-0.1, -0.05) is 0 Å². The van der Waals surface area contributed by atoms with E-state index in [2.05, 4.69) is 19.9 Å². The van der Waals surface area contributed by atoms with Gasteiger partial charge >= 0.3 is 5.97 Å². The molecule has 0 spiro atoms. The van der Waals surface area contributed by atoms with Crippen LogP contribution in [-0.4, -0.2) is 32.8 Å². The maximum atomic E-state index is 11.4. The van der Waals surface area contributed by atoms with Crippen LogP contribution in [0.15, 0.2) is 28.6 Å². The number of methoxy groups -OCH3 is 1. The lowest BCUT2D eigenvalue weighted by Crippen LogP contribution is -2.06. The van der Waals surface area contributed by atoms with Crippen LogP contribution in [-0.2, 0) is 11.8 Å². The molecular formula is C10H11N5O2S. The SMILES string of the molecule is COC(=O)c1ccc(N)c(Sc2nncn2C)n1. The molecule has 0 aliphatic heterocycles. The summed E-state index contributed by atoms with van der Waals surface area (Å²) in [5.74, 6) is -0.505. The number of aromatic nitrogens is 4. The lowest BCUT2D eigenvalue weighted by atomic mass is 10.3. The minimum atomic E-state index is -0.505. The summed E-state index contributed by atoms with van der Waals surface area (Å²) >= 11 is 1.24. The Morgan fingerprint density at radius 3 is 2.89 bits per heavy atom. The molecule has 0 fully saturated rings. The van der Waals surface area contributed by atoms with E-state index in [1.807, 2.05) is 7.05 Å². The molecule has 2 heterocycles. The highest BCUT2D eigenvalue weighted by molar-refractivity contribution is 7.99. The van der Waals surface area contributed by atoms with E-state index in [-0.39, 0.29) is 5.69 Å². The van der Waals surface area contributed by atoms with Crippen molar-refractivity contribution in [2.24, 2.45) is 7.05 Å².